The number of nitrogens with one attached hydrogen (secondary N) is 1. The summed E-state index contributed by atoms with van der Waals surface area (Å²) >= 11 is 3.42. The van der Waals surface area contributed by atoms with Gasteiger partial charge >= 0.3 is 0 Å². The Kier molecular flexibility index (Phi) is 7.04. The van der Waals surface area contributed by atoms with Crippen LogP contribution >= 0.6 is 15.9 Å². The quantitative estimate of drug-likeness (QED) is 0.485. The highest BCUT2D eigenvalue weighted by Crippen LogP contribution is 2.16. The standard InChI is InChI=1S/C24H22BrNO2/c1-18-2-4-20(5-3-18)16-26-24(27)15-10-19-8-13-23(14-9-19)28-17-21-6-11-22(25)12-7-21/h2-15H,16-17H2,1H3,(H,26,27)/b15-10+. The van der Waals surface area contributed by atoms with Crippen LogP contribution in [0.4, 0.5) is 0 Å². The number of halogens is 1. The van der Waals surface area contributed by atoms with Crippen LogP contribution in [0.15, 0.2) is 83.3 Å². The van der Waals surface area contributed by atoms with Gasteiger partial charge in [0.05, 0.1) is 0 Å². The first-order valence-electron chi connectivity index (χ1n) is 9.07. The number of rotatable bonds is 7. The van der Waals surface area contributed by atoms with Crippen LogP contribution in [0.1, 0.15) is 22.3 Å². The molecule has 3 aromatic rings. The third-order valence-corrected chi connectivity index (χ3v) is 4.74. The predicted molar refractivity (Wildman–Crippen MR) is 117 cm³/mol. The molecule has 0 unspecified atom stereocenters. The average Bonchev–Trinajstić information content (AvgIpc) is 2.72. The van der Waals surface area contributed by atoms with Gasteiger partial charge in [-0.2, -0.15) is 0 Å². The number of benzene rings is 3. The van der Waals surface area contributed by atoms with Crippen LogP contribution in [0.25, 0.3) is 6.08 Å². The molecule has 0 aromatic heterocycles. The molecule has 28 heavy (non-hydrogen) atoms. The van der Waals surface area contributed by atoms with Crippen molar-refractivity contribution in [3.05, 3.63) is 106 Å². The lowest BCUT2D eigenvalue weighted by Crippen LogP contribution is -2.20. The summed E-state index contributed by atoms with van der Waals surface area (Å²) in [4.78, 5) is 12.0. The van der Waals surface area contributed by atoms with E-state index >= 15 is 0 Å². The summed E-state index contributed by atoms with van der Waals surface area (Å²) in [7, 11) is 0. The van der Waals surface area contributed by atoms with Crippen LogP contribution in [-0.2, 0) is 17.9 Å². The van der Waals surface area contributed by atoms with Gasteiger partial charge in [-0.3, -0.25) is 4.79 Å². The van der Waals surface area contributed by atoms with Gasteiger partial charge in [-0.15, -0.1) is 0 Å². The maximum Gasteiger partial charge on any atom is 0.244 e. The summed E-state index contributed by atoms with van der Waals surface area (Å²) in [5, 5.41) is 2.89. The maximum atomic E-state index is 12.0. The molecule has 0 heterocycles. The number of aryl methyl sites for hydroxylation is 1. The van der Waals surface area contributed by atoms with Crippen molar-refractivity contribution in [3.63, 3.8) is 0 Å². The first-order valence-corrected chi connectivity index (χ1v) is 9.86. The van der Waals surface area contributed by atoms with E-state index in [4.69, 9.17) is 4.74 Å². The molecule has 0 spiro atoms. The van der Waals surface area contributed by atoms with Gasteiger partial charge in [0.2, 0.25) is 5.91 Å². The zero-order valence-electron chi connectivity index (χ0n) is 15.7. The van der Waals surface area contributed by atoms with E-state index in [1.165, 1.54) is 5.56 Å². The Bertz CT molecular complexity index is 930. The highest BCUT2D eigenvalue weighted by Gasteiger charge is 1.99. The number of ether oxygens (including phenoxy) is 1. The van der Waals surface area contributed by atoms with Crippen molar-refractivity contribution >= 4 is 27.9 Å². The fourth-order valence-electron chi connectivity index (χ4n) is 2.55. The Hall–Kier alpha value is -2.85. The Morgan fingerprint density at radius 1 is 0.929 bits per heavy atom. The molecule has 0 bridgehead atoms. The fourth-order valence-corrected chi connectivity index (χ4v) is 2.81. The summed E-state index contributed by atoms with van der Waals surface area (Å²) in [5.41, 5.74) is 4.35. The van der Waals surface area contributed by atoms with Crippen molar-refractivity contribution in [1.29, 1.82) is 0 Å². The first kappa shape index (κ1) is 19.9. The molecular formula is C24H22BrNO2. The second-order valence-electron chi connectivity index (χ2n) is 6.52. The minimum Gasteiger partial charge on any atom is -0.489 e. The number of carbonyl (C=O) groups is 1. The Balaban J connectivity index is 1.46. The van der Waals surface area contributed by atoms with Gasteiger partial charge in [0.1, 0.15) is 12.4 Å². The van der Waals surface area contributed by atoms with Gasteiger partial charge in [-0.1, -0.05) is 70.0 Å². The van der Waals surface area contributed by atoms with Crippen molar-refractivity contribution in [2.75, 3.05) is 0 Å². The largest absolute Gasteiger partial charge is 0.489 e. The second kappa shape index (κ2) is 9.90. The lowest BCUT2D eigenvalue weighted by atomic mass is 10.1. The minimum absolute atomic E-state index is 0.115. The van der Waals surface area contributed by atoms with Gasteiger partial charge in [0.15, 0.2) is 0 Å². The molecule has 4 heteroatoms. The van der Waals surface area contributed by atoms with E-state index in [1.54, 1.807) is 12.2 Å². The molecule has 0 fully saturated rings. The monoisotopic (exact) mass is 435 g/mol. The highest BCUT2D eigenvalue weighted by atomic mass is 79.9. The van der Waals surface area contributed by atoms with Gasteiger partial charge < -0.3 is 10.1 Å². The Labute approximate surface area is 174 Å². The van der Waals surface area contributed by atoms with Crippen molar-refractivity contribution in [3.8, 4) is 5.75 Å². The van der Waals surface area contributed by atoms with Gasteiger partial charge in [0, 0.05) is 17.1 Å². The smallest absolute Gasteiger partial charge is 0.244 e. The topological polar surface area (TPSA) is 38.3 Å². The van der Waals surface area contributed by atoms with E-state index in [-0.39, 0.29) is 5.91 Å². The Morgan fingerprint density at radius 3 is 2.25 bits per heavy atom. The molecule has 3 aromatic carbocycles. The van der Waals surface area contributed by atoms with Gasteiger partial charge in [0.25, 0.3) is 0 Å². The number of hydrogen-bond acceptors (Lipinski definition) is 2. The molecule has 0 saturated carbocycles. The van der Waals surface area contributed by atoms with Crippen LogP contribution in [0.2, 0.25) is 0 Å². The van der Waals surface area contributed by atoms with Gasteiger partial charge in [-0.25, -0.2) is 0 Å². The fraction of sp³-hybridized carbons (Fsp3) is 0.125. The Morgan fingerprint density at radius 2 is 1.57 bits per heavy atom. The van der Waals surface area contributed by atoms with E-state index in [0.717, 1.165) is 26.9 Å². The number of amides is 1. The predicted octanol–water partition coefficient (Wildman–Crippen LogP) is 5.67. The van der Waals surface area contributed by atoms with E-state index in [9.17, 15) is 4.79 Å². The summed E-state index contributed by atoms with van der Waals surface area (Å²) in [6, 6.07) is 23.8. The average molecular weight is 436 g/mol. The molecule has 0 aliphatic rings. The molecular weight excluding hydrogens is 414 g/mol. The van der Waals surface area contributed by atoms with Crippen molar-refractivity contribution in [2.45, 2.75) is 20.1 Å². The van der Waals surface area contributed by atoms with Gasteiger partial charge in [-0.05, 0) is 54.0 Å². The van der Waals surface area contributed by atoms with Crippen LogP contribution in [0.5, 0.6) is 5.75 Å². The normalized spacial score (nSPS) is 10.8. The molecule has 1 N–H and O–H groups in total. The van der Waals surface area contributed by atoms with E-state index < -0.39 is 0 Å². The molecule has 0 radical (unpaired) electrons. The van der Waals surface area contributed by atoms with Crippen molar-refractivity contribution < 1.29 is 9.53 Å². The summed E-state index contributed by atoms with van der Waals surface area (Å²) in [6.45, 7) is 3.08. The summed E-state index contributed by atoms with van der Waals surface area (Å²) < 4.78 is 6.84. The summed E-state index contributed by atoms with van der Waals surface area (Å²) in [5.74, 6) is 0.681. The lowest BCUT2D eigenvalue weighted by molar-refractivity contribution is -0.116. The van der Waals surface area contributed by atoms with Crippen molar-refractivity contribution in [2.24, 2.45) is 0 Å². The maximum absolute atomic E-state index is 12.0. The molecule has 0 aliphatic heterocycles. The zero-order chi connectivity index (χ0) is 19.8. The molecule has 3 nitrogen and oxygen atoms in total. The van der Waals surface area contributed by atoms with E-state index in [0.29, 0.717) is 13.2 Å². The molecule has 0 aliphatic carbocycles. The molecule has 0 saturated heterocycles. The summed E-state index contributed by atoms with van der Waals surface area (Å²) in [6.07, 6.45) is 3.34. The molecule has 0 atom stereocenters. The van der Waals surface area contributed by atoms with E-state index in [1.807, 2.05) is 79.7 Å². The van der Waals surface area contributed by atoms with E-state index in [2.05, 4.69) is 21.2 Å². The van der Waals surface area contributed by atoms with Crippen LogP contribution in [0, 0.1) is 6.92 Å². The highest BCUT2D eigenvalue weighted by molar-refractivity contribution is 9.10. The molecule has 1 amide bonds. The minimum atomic E-state index is -0.115. The third kappa shape index (κ3) is 6.39. The first-order chi connectivity index (χ1) is 13.6. The SMILES string of the molecule is Cc1ccc(CNC(=O)/C=C/c2ccc(OCc3ccc(Br)cc3)cc2)cc1. The molecule has 3 rings (SSSR count). The van der Waals surface area contributed by atoms with Crippen LogP contribution in [0.3, 0.4) is 0 Å². The molecule has 142 valence electrons. The lowest BCUT2D eigenvalue weighted by Gasteiger charge is -2.07. The van der Waals surface area contributed by atoms with Crippen molar-refractivity contribution in [1.82, 2.24) is 5.32 Å². The number of hydrogen-bond donors (Lipinski definition) is 1. The van der Waals surface area contributed by atoms with Crippen LogP contribution < -0.4 is 10.1 Å². The second-order valence-corrected chi connectivity index (χ2v) is 7.44. The van der Waals surface area contributed by atoms with Crippen LogP contribution in [-0.4, -0.2) is 5.91 Å². The third-order valence-electron chi connectivity index (χ3n) is 4.21. The number of carbonyl (C=O) groups excluding carboxylic acids is 1. The zero-order valence-corrected chi connectivity index (χ0v) is 17.3.